The summed E-state index contributed by atoms with van der Waals surface area (Å²) in [6.45, 7) is 3.96. The maximum Gasteiger partial charge on any atom is 0.251 e. The highest BCUT2D eigenvalue weighted by molar-refractivity contribution is 5.94. The molecule has 0 saturated carbocycles. The second-order valence-electron chi connectivity index (χ2n) is 6.81. The standard InChI is InChI=1S/C21H27N3O/c22-20-7-5-6-19(14-20)21(25)23-15-17-8-10-18(11-9-17)16-24-12-3-1-2-4-13-24/h5-11,14H,1-4,12-13,15-16,22H2,(H,23,25). The van der Waals surface area contributed by atoms with E-state index >= 15 is 0 Å². The first-order valence-corrected chi connectivity index (χ1v) is 9.14. The number of hydrogen-bond acceptors (Lipinski definition) is 3. The Balaban J connectivity index is 1.51. The van der Waals surface area contributed by atoms with E-state index in [2.05, 4.69) is 34.5 Å². The summed E-state index contributed by atoms with van der Waals surface area (Å²) in [6, 6.07) is 15.6. The molecule has 1 aliphatic heterocycles. The second kappa shape index (κ2) is 8.67. The van der Waals surface area contributed by atoms with E-state index in [1.165, 1.54) is 44.3 Å². The molecule has 4 nitrogen and oxygen atoms in total. The van der Waals surface area contributed by atoms with Crippen molar-refractivity contribution in [1.29, 1.82) is 0 Å². The Kier molecular flexibility index (Phi) is 6.07. The molecule has 1 heterocycles. The van der Waals surface area contributed by atoms with Crippen LogP contribution >= 0.6 is 0 Å². The molecule has 0 unspecified atom stereocenters. The van der Waals surface area contributed by atoms with E-state index in [1.807, 2.05) is 0 Å². The Bertz CT molecular complexity index is 689. The first-order chi connectivity index (χ1) is 12.2. The molecular weight excluding hydrogens is 310 g/mol. The van der Waals surface area contributed by atoms with E-state index in [1.54, 1.807) is 24.3 Å². The fourth-order valence-corrected chi connectivity index (χ4v) is 3.28. The Morgan fingerprint density at radius 3 is 2.32 bits per heavy atom. The van der Waals surface area contributed by atoms with Gasteiger partial charge in [-0.2, -0.15) is 0 Å². The normalized spacial score (nSPS) is 15.5. The van der Waals surface area contributed by atoms with Gasteiger partial charge in [0.05, 0.1) is 0 Å². The van der Waals surface area contributed by atoms with Crippen LogP contribution in [0.4, 0.5) is 5.69 Å². The summed E-state index contributed by atoms with van der Waals surface area (Å²) in [5, 5.41) is 2.95. The highest BCUT2D eigenvalue weighted by atomic mass is 16.1. The fraction of sp³-hybridized carbons (Fsp3) is 0.381. The summed E-state index contributed by atoms with van der Waals surface area (Å²) >= 11 is 0. The molecule has 1 aliphatic rings. The molecule has 0 spiro atoms. The number of nitrogens with two attached hydrogens (primary N) is 1. The molecule has 1 amide bonds. The van der Waals surface area contributed by atoms with Gasteiger partial charge < -0.3 is 11.1 Å². The molecule has 3 rings (SSSR count). The van der Waals surface area contributed by atoms with Gasteiger partial charge in [-0.15, -0.1) is 0 Å². The van der Waals surface area contributed by atoms with Crippen molar-refractivity contribution in [1.82, 2.24) is 10.2 Å². The second-order valence-corrected chi connectivity index (χ2v) is 6.81. The van der Waals surface area contributed by atoms with Crippen LogP contribution in [0, 0.1) is 0 Å². The van der Waals surface area contributed by atoms with Crippen LogP contribution in [0.2, 0.25) is 0 Å². The number of carbonyl (C=O) groups is 1. The maximum atomic E-state index is 12.2. The predicted octanol–water partition coefficient (Wildman–Crippen LogP) is 3.57. The van der Waals surface area contributed by atoms with Crippen molar-refractivity contribution in [3.63, 3.8) is 0 Å². The molecule has 2 aromatic carbocycles. The van der Waals surface area contributed by atoms with Gasteiger partial charge in [-0.05, 0) is 55.3 Å². The van der Waals surface area contributed by atoms with Crippen molar-refractivity contribution in [2.24, 2.45) is 0 Å². The molecular formula is C21H27N3O. The number of carbonyl (C=O) groups excluding carboxylic acids is 1. The number of amides is 1. The Morgan fingerprint density at radius 1 is 0.960 bits per heavy atom. The molecule has 0 atom stereocenters. The van der Waals surface area contributed by atoms with Crippen molar-refractivity contribution >= 4 is 11.6 Å². The Labute approximate surface area is 150 Å². The van der Waals surface area contributed by atoms with Crippen LogP contribution in [0.25, 0.3) is 0 Å². The summed E-state index contributed by atoms with van der Waals surface area (Å²) in [5.41, 5.74) is 9.37. The average Bonchev–Trinajstić information content (AvgIpc) is 2.89. The number of nitrogen functional groups attached to an aromatic ring is 1. The lowest BCUT2D eigenvalue weighted by atomic mass is 10.1. The maximum absolute atomic E-state index is 12.2. The zero-order valence-corrected chi connectivity index (χ0v) is 14.7. The molecule has 3 N–H and O–H groups in total. The fourth-order valence-electron chi connectivity index (χ4n) is 3.28. The summed E-state index contributed by atoms with van der Waals surface area (Å²) in [7, 11) is 0. The number of nitrogens with zero attached hydrogens (tertiary/aromatic N) is 1. The number of benzene rings is 2. The molecule has 0 aromatic heterocycles. The van der Waals surface area contributed by atoms with E-state index in [0.29, 0.717) is 17.8 Å². The van der Waals surface area contributed by atoms with Crippen LogP contribution in [0.3, 0.4) is 0 Å². The Morgan fingerprint density at radius 2 is 1.64 bits per heavy atom. The minimum Gasteiger partial charge on any atom is -0.399 e. The summed E-state index contributed by atoms with van der Waals surface area (Å²) in [4.78, 5) is 14.7. The summed E-state index contributed by atoms with van der Waals surface area (Å²) in [6.07, 6.45) is 5.35. The minimum atomic E-state index is -0.0963. The van der Waals surface area contributed by atoms with Crippen LogP contribution in [0.5, 0.6) is 0 Å². The number of anilines is 1. The van der Waals surface area contributed by atoms with Crippen LogP contribution in [0.1, 0.15) is 47.2 Å². The lowest BCUT2D eigenvalue weighted by Gasteiger charge is -2.19. The topological polar surface area (TPSA) is 58.4 Å². The number of hydrogen-bond donors (Lipinski definition) is 2. The molecule has 25 heavy (non-hydrogen) atoms. The lowest BCUT2D eigenvalue weighted by molar-refractivity contribution is 0.0951. The van der Waals surface area contributed by atoms with Crippen LogP contribution in [-0.2, 0) is 13.1 Å². The monoisotopic (exact) mass is 337 g/mol. The van der Waals surface area contributed by atoms with Gasteiger partial charge in [0, 0.05) is 24.3 Å². The van der Waals surface area contributed by atoms with E-state index in [4.69, 9.17) is 5.73 Å². The first-order valence-electron chi connectivity index (χ1n) is 9.14. The molecule has 0 aliphatic carbocycles. The van der Waals surface area contributed by atoms with Gasteiger partial charge in [0.2, 0.25) is 0 Å². The third-order valence-corrected chi connectivity index (χ3v) is 4.73. The van der Waals surface area contributed by atoms with E-state index in [9.17, 15) is 4.79 Å². The SMILES string of the molecule is Nc1cccc(C(=O)NCc2ccc(CN3CCCCCC3)cc2)c1. The highest BCUT2D eigenvalue weighted by Crippen LogP contribution is 2.14. The zero-order valence-electron chi connectivity index (χ0n) is 14.7. The minimum absolute atomic E-state index is 0.0963. The van der Waals surface area contributed by atoms with Crippen molar-refractivity contribution in [2.45, 2.75) is 38.8 Å². The van der Waals surface area contributed by atoms with Gasteiger partial charge >= 0.3 is 0 Å². The van der Waals surface area contributed by atoms with Gasteiger partial charge in [0.15, 0.2) is 0 Å². The zero-order chi connectivity index (χ0) is 17.5. The van der Waals surface area contributed by atoms with Gasteiger partial charge in [-0.1, -0.05) is 43.2 Å². The number of nitrogens with one attached hydrogen (secondary N) is 1. The van der Waals surface area contributed by atoms with Crippen molar-refractivity contribution in [3.8, 4) is 0 Å². The molecule has 1 fully saturated rings. The smallest absolute Gasteiger partial charge is 0.251 e. The molecule has 0 radical (unpaired) electrons. The molecule has 132 valence electrons. The third-order valence-electron chi connectivity index (χ3n) is 4.73. The molecule has 4 heteroatoms. The molecule has 0 bridgehead atoms. The quantitative estimate of drug-likeness (QED) is 0.820. The highest BCUT2D eigenvalue weighted by Gasteiger charge is 2.09. The summed E-state index contributed by atoms with van der Waals surface area (Å²) in [5.74, 6) is -0.0963. The van der Waals surface area contributed by atoms with Crippen molar-refractivity contribution < 1.29 is 4.79 Å². The van der Waals surface area contributed by atoms with Crippen LogP contribution in [0.15, 0.2) is 48.5 Å². The van der Waals surface area contributed by atoms with E-state index < -0.39 is 0 Å². The molecule has 1 saturated heterocycles. The van der Waals surface area contributed by atoms with Crippen molar-refractivity contribution in [2.75, 3.05) is 18.8 Å². The Hall–Kier alpha value is -2.33. The number of rotatable bonds is 5. The largest absolute Gasteiger partial charge is 0.399 e. The van der Waals surface area contributed by atoms with Crippen LogP contribution in [-0.4, -0.2) is 23.9 Å². The van der Waals surface area contributed by atoms with Gasteiger partial charge in [-0.3, -0.25) is 9.69 Å². The third kappa shape index (κ3) is 5.33. The van der Waals surface area contributed by atoms with E-state index in [0.717, 1.165) is 12.1 Å². The lowest BCUT2D eigenvalue weighted by Crippen LogP contribution is -2.24. The summed E-state index contributed by atoms with van der Waals surface area (Å²) < 4.78 is 0. The van der Waals surface area contributed by atoms with Crippen LogP contribution < -0.4 is 11.1 Å². The average molecular weight is 337 g/mol. The van der Waals surface area contributed by atoms with Crippen molar-refractivity contribution in [3.05, 3.63) is 65.2 Å². The predicted molar refractivity (Wildman–Crippen MR) is 102 cm³/mol. The van der Waals surface area contributed by atoms with Gasteiger partial charge in [0.1, 0.15) is 0 Å². The van der Waals surface area contributed by atoms with Gasteiger partial charge in [-0.25, -0.2) is 0 Å². The first kappa shape index (κ1) is 17.5. The molecule has 2 aromatic rings. The van der Waals surface area contributed by atoms with Gasteiger partial charge in [0.25, 0.3) is 5.91 Å². The van der Waals surface area contributed by atoms with E-state index in [-0.39, 0.29) is 5.91 Å². The number of likely N-dealkylation sites (tertiary alicyclic amines) is 1.